The van der Waals surface area contributed by atoms with Crippen LogP contribution in [0.25, 0.3) is 10.9 Å². The average Bonchev–Trinajstić information content (AvgIpc) is 3.28. The minimum Gasteiger partial charge on any atom is -0.391 e. The molecule has 1 N–H and O–H groups in total. The topological polar surface area (TPSA) is 57.9 Å². The lowest BCUT2D eigenvalue weighted by atomic mass is 9.77. The lowest BCUT2D eigenvalue weighted by Crippen LogP contribution is -2.53. The van der Waals surface area contributed by atoms with Gasteiger partial charge in [0, 0.05) is 56.4 Å². The Morgan fingerprint density at radius 2 is 1.82 bits per heavy atom. The molecule has 1 aromatic carbocycles. The second-order valence-corrected chi connectivity index (χ2v) is 8.66. The molecule has 2 saturated heterocycles. The van der Waals surface area contributed by atoms with Crippen molar-refractivity contribution in [1.82, 2.24) is 14.4 Å². The molecule has 6 heteroatoms. The molecule has 0 bridgehead atoms. The van der Waals surface area contributed by atoms with Crippen molar-refractivity contribution in [2.24, 2.45) is 18.9 Å². The first kappa shape index (κ1) is 18.2. The van der Waals surface area contributed by atoms with E-state index < -0.39 is 0 Å². The minimum atomic E-state index is -0.299. The number of carbonyl (C=O) groups is 1. The maximum atomic E-state index is 13.3. The highest BCUT2D eigenvalue weighted by atomic mass is 16.5. The van der Waals surface area contributed by atoms with Gasteiger partial charge < -0.3 is 19.3 Å². The van der Waals surface area contributed by atoms with E-state index in [1.54, 1.807) is 0 Å². The van der Waals surface area contributed by atoms with Crippen LogP contribution in [-0.4, -0.2) is 76.9 Å². The van der Waals surface area contributed by atoms with Crippen LogP contribution >= 0.6 is 0 Å². The van der Waals surface area contributed by atoms with Crippen molar-refractivity contribution >= 4 is 16.8 Å². The summed E-state index contributed by atoms with van der Waals surface area (Å²) in [5.74, 6) is 1.02. The summed E-state index contributed by atoms with van der Waals surface area (Å²) in [5, 5.41) is 11.8. The molecular formula is C22H29N3O3. The van der Waals surface area contributed by atoms with Gasteiger partial charge in [-0.2, -0.15) is 0 Å². The van der Waals surface area contributed by atoms with Gasteiger partial charge in [0.15, 0.2) is 0 Å². The first-order chi connectivity index (χ1) is 13.6. The number of rotatable bonds is 2. The zero-order valence-electron chi connectivity index (χ0n) is 16.5. The monoisotopic (exact) mass is 383 g/mol. The van der Waals surface area contributed by atoms with Crippen molar-refractivity contribution in [3.05, 3.63) is 36.0 Å². The molecule has 1 amide bonds. The third-order valence-electron chi connectivity index (χ3n) is 7.04. The zero-order chi connectivity index (χ0) is 19.3. The minimum absolute atomic E-state index is 0.128. The number of nitrogens with zero attached hydrogens (tertiary/aromatic N) is 3. The van der Waals surface area contributed by atoms with Crippen molar-refractivity contribution in [2.75, 3.05) is 39.4 Å². The quantitative estimate of drug-likeness (QED) is 0.858. The second kappa shape index (κ2) is 7.17. The third-order valence-corrected chi connectivity index (χ3v) is 7.04. The van der Waals surface area contributed by atoms with Gasteiger partial charge in [0.2, 0.25) is 0 Å². The summed E-state index contributed by atoms with van der Waals surface area (Å²) in [4.78, 5) is 17.7. The fraction of sp³-hybridized carbons (Fsp3) is 0.591. The summed E-state index contributed by atoms with van der Waals surface area (Å²) in [6.45, 7) is 4.88. The Bertz CT molecular complexity index is 873. The molecule has 28 heavy (non-hydrogen) atoms. The lowest BCUT2D eigenvalue weighted by molar-refractivity contribution is -0.0520. The van der Waals surface area contributed by atoms with Crippen LogP contribution < -0.4 is 0 Å². The first-order valence-electron chi connectivity index (χ1n) is 10.4. The number of para-hydroxylation sites is 1. The van der Waals surface area contributed by atoms with E-state index in [0.717, 1.165) is 68.7 Å². The molecule has 0 radical (unpaired) electrons. The van der Waals surface area contributed by atoms with E-state index in [-0.39, 0.29) is 18.1 Å². The van der Waals surface area contributed by atoms with E-state index in [1.807, 2.05) is 40.9 Å². The van der Waals surface area contributed by atoms with Crippen LogP contribution in [0.5, 0.6) is 0 Å². The summed E-state index contributed by atoms with van der Waals surface area (Å²) in [6, 6.07) is 8.29. The lowest BCUT2D eigenvalue weighted by Gasteiger charge is -2.43. The number of morpholine rings is 1. The maximum Gasteiger partial charge on any atom is 0.256 e. The smallest absolute Gasteiger partial charge is 0.256 e. The third kappa shape index (κ3) is 3.04. The molecule has 5 rings (SSSR count). The Morgan fingerprint density at radius 1 is 1.11 bits per heavy atom. The Kier molecular flexibility index (Phi) is 4.65. The van der Waals surface area contributed by atoms with E-state index in [2.05, 4.69) is 11.0 Å². The molecule has 2 aliphatic heterocycles. The van der Waals surface area contributed by atoms with Gasteiger partial charge in [0.05, 0.1) is 24.9 Å². The summed E-state index contributed by atoms with van der Waals surface area (Å²) >= 11 is 0. The van der Waals surface area contributed by atoms with Gasteiger partial charge in [-0.3, -0.25) is 9.69 Å². The van der Waals surface area contributed by atoms with Crippen molar-refractivity contribution < 1.29 is 14.6 Å². The van der Waals surface area contributed by atoms with Crippen molar-refractivity contribution in [3.63, 3.8) is 0 Å². The zero-order valence-corrected chi connectivity index (χ0v) is 16.5. The Hall–Kier alpha value is -1.89. The number of ether oxygens (including phenoxy) is 1. The van der Waals surface area contributed by atoms with Crippen LogP contribution in [0, 0.1) is 11.8 Å². The van der Waals surface area contributed by atoms with E-state index in [1.165, 1.54) is 0 Å². The van der Waals surface area contributed by atoms with Crippen LogP contribution in [0.15, 0.2) is 30.5 Å². The largest absolute Gasteiger partial charge is 0.391 e. The number of benzene rings is 1. The number of aliphatic hydroxyl groups excluding tert-OH is 1. The van der Waals surface area contributed by atoms with Gasteiger partial charge in [0.1, 0.15) is 0 Å². The van der Waals surface area contributed by atoms with E-state index in [0.29, 0.717) is 11.8 Å². The molecule has 4 atom stereocenters. The van der Waals surface area contributed by atoms with Crippen molar-refractivity contribution in [3.8, 4) is 0 Å². The van der Waals surface area contributed by atoms with E-state index in [9.17, 15) is 9.90 Å². The molecule has 6 nitrogen and oxygen atoms in total. The number of hydrogen-bond donors (Lipinski definition) is 1. The second-order valence-electron chi connectivity index (χ2n) is 8.66. The van der Waals surface area contributed by atoms with Crippen LogP contribution in [0.4, 0.5) is 0 Å². The molecule has 1 saturated carbocycles. The van der Waals surface area contributed by atoms with E-state index in [4.69, 9.17) is 4.74 Å². The summed E-state index contributed by atoms with van der Waals surface area (Å²) in [5.41, 5.74) is 1.88. The molecule has 0 spiro atoms. The fourth-order valence-electron chi connectivity index (χ4n) is 5.56. The standard InChI is InChI=1S/C22H29N3O3/c1-23-14-18(17-4-2-3-5-19(17)23)22(27)25-12-15-10-20(21(26)11-16(15)13-25)24-6-8-28-9-7-24/h2-5,14-16,20-21,26H,6-13H2,1H3/t15-,16+,20-,21-/m1/s1. The number of aromatic nitrogens is 1. The van der Waals surface area contributed by atoms with Gasteiger partial charge in [-0.15, -0.1) is 0 Å². The number of fused-ring (bicyclic) bond motifs is 2. The maximum absolute atomic E-state index is 13.3. The number of aliphatic hydroxyl groups is 1. The van der Waals surface area contributed by atoms with Crippen molar-refractivity contribution in [2.45, 2.75) is 25.0 Å². The highest BCUT2D eigenvalue weighted by Crippen LogP contribution is 2.39. The van der Waals surface area contributed by atoms with Crippen LogP contribution in [0.2, 0.25) is 0 Å². The number of amides is 1. The number of hydrogen-bond acceptors (Lipinski definition) is 4. The number of carbonyl (C=O) groups excluding carboxylic acids is 1. The number of aryl methyl sites for hydroxylation is 1. The average molecular weight is 383 g/mol. The molecule has 3 fully saturated rings. The predicted molar refractivity (Wildman–Crippen MR) is 107 cm³/mol. The normalized spacial score (nSPS) is 31.3. The van der Waals surface area contributed by atoms with Gasteiger partial charge in [-0.1, -0.05) is 18.2 Å². The summed E-state index contributed by atoms with van der Waals surface area (Å²) < 4.78 is 7.50. The SMILES string of the molecule is Cn1cc(C(=O)N2C[C@H]3C[C@@H](N4CCOCC4)[C@H](O)C[C@H]3C2)c2ccccc21. The Labute approximate surface area is 165 Å². The molecular weight excluding hydrogens is 354 g/mol. The Balaban J connectivity index is 1.33. The highest BCUT2D eigenvalue weighted by molar-refractivity contribution is 6.07. The Morgan fingerprint density at radius 3 is 2.61 bits per heavy atom. The van der Waals surface area contributed by atoms with Crippen LogP contribution in [-0.2, 0) is 11.8 Å². The molecule has 3 heterocycles. The van der Waals surface area contributed by atoms with Gasteiger partial charge in [0.25, 0.3) is 5.91 Å². The predicted octanol–water partition coefficient (Wildman–Crippen LogP) is 1.72. The molecule has 2 aromatic rings. The first-order valence-corrected chi connectivity index (χ1v) is 10.4. The highest BCUT2D eigenvalue weighted by Gasteiger charge is 2.45. The number of likely N-dealkylation sites (tertiary alicyclic amines) is 1. The van der Waals surface area contributed by atoms with Crippen LogP contribution in [0.1, 0.15) is 23.2 Å². The van der Waals surface area contributed by atoms with Gasteiger partial charge >= 0.3 is 0 Å². The van der Waals surface area contributed by atoms with Gasteiger partial charge in [-0.05, 0) is 30.7 Å². The van der Waals surface area contributed by atoms with Crippen molar-refractivity contribution in [1.29, 1.82) is 0 Å². The van der Waals surface area contributed by atoms with Crippen LogP contribution in [0.3, 0.4) is 0 Å². The molecule has 1 aromatic heterocycles. The summed E-state index contributed by atoms with van der Waals surface area (Å²) in [6.07, 6.45) is 3.43. The summed E-state index contributed by atoms with van der Waals surface area (Å²) in [7, 11) is 1.99. The molecule has 1 aliphatic carbocycles. The molecule has 150 valence electrons. The molecule has 3 aliphatic rings. The van der Waals surface area contributed by atoms with Gasteiger partial charge in [-0.25, -0.2) is 0 Å². The fourth-order valence-corrected chi connectivity index (χ4v) is 5.56. The molecule has 0 unspecified atom stereocenters. The van der Waals surface area contributed by atoms with E-state index >= 15 is 0 Å².